The Labute approximate surface area is 283 Å². The van der Waals surface area contributed by atoms with Gasteiger partial charge in [0.1, 0.15) is 0 Å². The van der Waals surface area contributed by atoms with Gasteiger partial charge in [0.2, 0.25) is 0 Å². The lowest BCUT2D eigenvalue weighted by Gasteiger charge is -2.12. The third kappa shape index (κ3) is 4.44. The molecule has 10 aromatic rings. The van der Waals surface area contributed by atoms with Gasteiger partial charge in [-0.3, -0.25) is 9.97 Å². The van der Waals surface area contributed by atoms with Gasteiger partial charge in [0.05, 0.1) is 22.1 Å². The number of hydrogen-bond donors (Lipinski definition) is 0. The Morgan fingerprint density at radius 1 is 0.306 bits per heavy atom. The fourth-order valence-electron chi connectivity index (χ4n) is 7.56. The molecular formula is C46H29N3. The summed E-state index contributed by atoms with van der Waals surface area (Å²) in [5.41, 5.74) is 12.6. The molecule has 0 bridgehead atoms. The summed E-state index contributed by atoms with van der Waals surface area (Å²) in [6, 6.07) is 59.2. The van der Waals surface area contributed by atoms with E-state index in [1.165, 1.54) is 66.0 Å². The minimum atomic E-state index is 0.940. The van der Waals surface area contributed by atoms with Gasteiger partial charge in [-0.25, -0.2) is 0 Å². The molecule has 8 aromatic carbocycles. The molecule has 2 heterocycles. The van der Waals surface area contributed by atoms with E-state index in [2.05, 4.69) is 168 Å². The summed E-state index contributed by atoms with van der Waals surface area (Å²) < 4.78 is 2.38. The first-order valence-corrected chi connectivity index (χ1v) is 16.7. The van der Waals surface area contributed by atoms with Crippen LogP contribution in [0.2, 0.25) is 0 Å². The average molecular weight is 624 g/mol. The van der Waals surface area contributed by atoms with E-state index < -0.39 is 0 Å². The van der Waals surface area contributed by atoms with Gasteiger partial charge in [-0.2, -0.15) is 0 Å². The van der Waals surface area contributed by atoms with Crippen LogP contribution in [0, 0.1) is 0 Å². The Kier molecular flexibility index (Phi) is 6.18. The highest BCUT2D eigenvalue weighted by atomic mass is 15.0. The van der Waals surface area contributed by atoms with Crippen LogP contribution in [-0.2, 0) is 0 Å². The van der Waals surface area contributed by atoms with Crippen molar-refractivity contribution < 1.29 is 0 Å². The van der Waals surface area contributed by atoms with Crippen molar-refractivity contribution in [2.75, 3.05) is 0 Å². The molecular weight excluding hydrogens is 595 g/mol. The van der Waals surface area contributed by atoms with Gasteiger partial charge in [0.15, 0.2) is 0 Å². The summed E-state index contributed by atoms with van der Waals surface area (Å²) in [5, 5.41) is 7.12. The van der Waals surface area contributed by atoms with Crippen LogP contribution in [0.15, 0.2) is 176 Å². The predicted molar refractivity (Wildman–Crippen MR) is 205 cm³/mol. The molecule has 0 fully saturated rings. The zero-order valence-corrected chi connectivity index (χ0v) is 26.6. The van der Waals surface area contributed by atoms with E-state index in [0.717, 1.165) is 27.5 Å². The molecule has 0 saturated carbocycles. The lowest BCUT2D eigenvalue weighted by Crippen LogP contribution is -1.93. The molecule has 0 amide bonds. The number of rotatable bonds is 4. The van der Waals surface area contributed by atoms with Crippen LogP contribution in [0.4, 0.5) is 0 Å². The third-order valence-corrected chi connectivity index (χ3v) is 9.86. The number of aromatic nitrogens is 3. The van der Waals surface area contributed by atoms with E-state index in [9.17, 15) is 0 Å². The van der Waals surface area contributed by atoms with Gasteiger partial charge < -0.3 is 4.57 Å². The summed E-state index contributed by atoms with van der Waals surface area (Å²) in [6.07, 6.45) is 3.56. The molecule has 0 atom stereocenters. The monoisotopic (exact) mass is 623 g/mol. The largest absolute Gasteiger partial charge is 0.309 e. The van der Waals surface area contributed by atoms with Crippen LogP contribution < -0.4 is 0 Å². The Bertz CT molecular complexity index is 2830. The highest BCUT2D eigenvalue weighted by Gasteiger charge is 2.16. The summed E-state index contributed by atoms with van der Waals surface area (Å²) >= 11 is 0. The maximum atomic E-state index is 4.74. The molecule has 228 valence electrons. The molecule has 0 aliphatic rings. The van der Waals surface area contributed by atoms with Crippen molar-refractivity contribution in [1.29, 1.82) is 0 Å². The molecule has 49 heavy (non-hydrogen) atoms. The standard InChI is InChI=1S/C46H29N3/c1-3-10-30(11-4-1)33-19-22-43-41(28-33)42-29-35(20-23-44(42)49(43)36-14-5-2-6-15-36)32-13-9-12-31(26-32)34-18-21-39-40(27-34)37-16-7-8-17-38(37)45-46(39)48-25-24-47-45/h1-29H. The Hall–Kier alpha value is -6.58. The predicted octanol–water partition coefficient (Wildman–Crippen LogP) is 12.0. The summed E-state index contributed by atoms with van der Waals surface area (Å²) in [6.45, 7) is 0. The molecule has 0 saturated heterocycles. The van der Waals surface area contributed by atoms with E-state index in [4.69, 9.17) is 9.97 Å². The Morgan fingerprint density at radius 3 is 1.43 bits per heavy atom. The zero-order valence-electron chi connectivity index (χ0n) is 26.6. The lowest BCUT2D eigenvalue weighted by molar-refractivity contribution is 1.18. The first-order chi connectivity index (χ1) is 24.3. The molecule has 0 aliphatic carbocycles. The highest BCUT2D eigenvalue weighted by Crippen LogP contribution is 2.39. The molecule has 2 aromatic heterocycles. The summed E-state index contributed by atoms with van der Waals surface area (Å²) in [4.78, 5) is 9.44. The molecule has 0 unspecified atom stereocenters. The Balaban J connectivity index is 1.14. The van der Waals surface area contributed by atoms with E-state index in [0.29, 0.717) is 0 Å². The fourth-order valence-corrected chi connectivity index (χ4v) is 7.56. The lowest BCUT2D eigenvalue weighted by atomic mass is 9.94. The van der Waals surface area contributed by atoms with E-state index >= 15 is 0 Å². The quantitative estimate of drug-likeness (QED) is 0.183. The molecule has 3 heteroatoms. The van der Waals surface area contributed by atoms with Crippen LogP contribution in [-0.4, -0.2) is 14.5 Å². The van der Waals surface area contributed by atoms with Gasteiger partial charge in [-0.15, -0.1) is 0 Å². The van der Waals surface area contributed by atoms with Crippen molar-refractivity contribution in [2.24, 2.45) is 0 Å². The molecule has 3 nitrogen and oxygen atoms in total. The minimum Gasteiger partial charge on any atom is -0.309 e. The molecule has 0 aliphatic heterocycles. The second kappa shape index (κ2) is 11.0. The zero-order chi connectivity index (χ0) is 32.3. The summed E-state index contributed by atoms with van der Waals surface area (Å²) in [5.74, 6) is 0. The van der Waals surface area contributed by atoms with Gasteiger partial charge >= 0.3 is 0 Å². The van der Waals surface area contributed by atoms with Crippen molar-refractivity contribution >= 4 is 54.4 Å². The van der Waals surface area contributed by atoms with Crippen LogP contribution in [0.25, 0.3) is 93.5 Å². The maximum absolute atomic E-state index is 4.74. The molecule has 0 N–H and O–H groups in total. The van der Waals surface area contributed by atoms with Gasteiger partial charge in [0.25, 0.3) is 0 Å². The highest BCUT2D eigenvalue weighted by molar-refractivity contribution is 6.23. The van der Waals surface area contributed by atoms with Crippen molar-refractivity contribution in [3.63, 3.8) is 0 Å². The van der Waals surface area contributed by atoms with E-state index in [1.807, 2.05) is 0 Å². The van der Waals surface area contributed by atoms with Crippen molar-refractivity contribution in [1.82, 2.24) is 14.5 Å². The number of nitrogens with zero attached hydrogens (tertiary/aromatic N) is 3. The SMILES string of the molecule is c1ccc(-c2ccc3c(c2)c2cc(-c4cccc(-c5ccc6c(c5)c5ccccc5c5nccnc65)c4)ccc2n3-c2ccccc2)cc1. The van der Waals surface area contributed by atoms with Crippen LogP contribution in [0.5, 0.6) is 0 Å². The third-order valence-electron chi connectivity index (χ3n) is 9.86. The van der Waals surface area contributed by atoms with Crippen molar-refractivity contribution in [2.45, 2.75) is 0 Å². The first-order valence-electron chi connectivity index (χ1n) is 16.7. The smallest absolute Gasteiger partial charge is 0.0971 e. The van der Waals surface area contributed by atoms with Crippen LogP contribution in [0.3, 0.4) is 0 Å². The summed E-state index contributed by atoms with van der Waals surface area (Å²) in [7, 11) is 0. The average Bonchev–Trinajstić information content (AvgIpc) is 3.51. The van der Waals surface area contributed by atoms with Gasteiger partial charge in [-0.1, -0.05) is 115 Å². The van der Waals surface area contributed by atoms with Crippen LogP contribution in [0.1, 0.15) is 0 Å². The minimum absolute atomic E-state index is 0.940. The van der Waals surface area contributed by atoms with Crippen molar-refractivity contribution in [3.05, 3.63) is 176 Å². The number of hydrogen-bond acceptors (Lipinski definition) is 2. The maximum Gasteiger partial charge on any atom is 0.0971 e. The normalized spacial score (nSPS) is 11.7. The first kappa shape index (κ1) is 27.5. The second-order valence-electron chi connectivity index (χ2n) is 12.6. The van der Waals surface area contributed by atoms with E-state index in [1.54, 1.807) is 12.4 Å². The van der Waals surface area contributed by atoms with E-state index in [-0.39, 0.29) is 0 Å². The molecule has 0 radical (unpaired) electrons. The number of fused-ring (bicyclic) bond motifs is 9. The topological polar surface area (TPSA) is 30.7 Å². The number of para-hydroxylation sites is 1. The molecule has 10 rings (SSSR count). The van der Waals surface area contributed by atoms with Gasteiger partial charge in [0, 0.05) is 39.6 Å². The fraction of sp³-hybridized carbons (Fsp3) is 0. The van der Waals surface area contributed by atoms with Crippen LogP contribution >= 0.6 is 0 Å². The second-order valence-corrected chi connectivity index (χ2v) is 12.6. The number of benzene rings is 8. The Morgan fingerprint density at radius 2 is 0.776 bits per heavy atom. The molecule has 0 spiro atoms. The van der Waals surface area contributed by atoms with Crippen molar-refractivity contribution in [3.8, 4) is 39.1 Å². The van der Waals surface area contributed by atoms with Gasteiger partial charge in [-0.05, 0) is 92.7 Å².